The van der Waals surface area contributed by atoms with E-state index in [1.807, 2.05) is 0 Å². The molecule has 5 nitrogen and oxygen atoms in total. The van der Waals surface area contributed by atoms with Crippen LogP contribution in [0.1, 0.15) is 6.92 Å². The first-order chi connectivity index (χ1) is 5.40. The Morgan fingerprint density at radius 3 is 2.42 bits per heavy atom. The Morgan fingerprint density at radius 2 is 2.08 bits per heavy atom. The number of carbonyl (C=O) groups is 1. The molecular formula is C4H7F2NO4S. The molecule has 0 unspecified atom stereocenters. The summed E-state index contributed by atoms with van der Waals surface area (Å²) in [4.78, 5) is 10.3. The quantitative estimate of drug-likeness (QED) is 0.715. The summed E-state index contributed by atoms with van der Waals surface area (Å²) < 4.78 is 48.7. The van der Waals surface area contributed by atoms with E-state index in [1.54, 1.807) is 0 Å². The fourth-order valence-electron chi connectivity index (χ4n) is 0.321. The Labute approximate surface area is 67.8 Å². The summed E-state index contributed by atoms with van der Waals surface area (Å²) in [6.07, 6.45) is -1.40. The monoisotopic (exact) mass is 203 g/mol. The average Bonchev–Trinajstić information content (AvgIpc) is 1.85. The third-order valence-corrected chi connectivity index (χ3v) is 1.66. The number of nitrogens with one attached hydrogen (secondary N) is 1. The van der Waals surface area contributed by atoms with E-state index in [4.69, 9.17) is 0 Å². The first-order valence-electron chi connectivity index (χ1n) is 2.86. The maximum absolute atomic E-state index is 11.6. The van der Waals surface area contributed by atoms with Crippen molar-refractivity contribution in [3.05, 3.63) is 0 Å². The van der Waals surface area contributed by atoms with Crippen molar-refractivity contribution >= 4 is 16.1 Å². The molecule has 0 saturated heterocycles. The number of alkyl halides is 2. The number of sulfonamides is 1. The molecule has 0 saturated carbocycles. The summed E-state index contributed by atoms with van der Waals surface area (Å²) in [7, 11) is -4.88. The van der Waals surface area contributed by atoms with Crippen LogP contribution in [-0.4, -0.2) is 26.9 Å². The maximum atomic E-state index is 11.6. The van der Waals surface area contributed by atoms with Crippen molar-refractivity contribution in [2.75, 3.05) is 6.61 Å². The second kappa shape index (κ2) is 4.19. The number of hydrogen-bond acceptors (Lipinski definition) is 4. The summed E-state index contributed by atoms with van der Waals surface area (Å²) in [5, 5.41) is 0. The van der Waals surface area contributed by atoms with Gasteiger partial charge in [-0.25, -0.2) is 17.9 Å². The molecule has 0 fully saturated rings. The van der Waals surface area contributed by atoms with Gasteiger partial charge >= 0.3 is 21.9 Å². The van der Waals surface area contributed by atoms with E-state index in [0.29, 0.717) is 0 Å². The van der Waals surface area contributed by atoms with E-state index in [1.165, 1.54) is 6.92 Å². The molecular weight excluding hydrogens is 196 g/mol. The molecule has 0 atom stereocenters. The molecule has 0 rings (SSSR count). The molecule has 0 aromatic heterocycles. The number of carbonyl (C=O) groups excluding carboxylic acids is 1. The smallest absolute Gasteiger partial charge is 0.421 e. The highest BCUT2D eigenvalue weighted by Gasteiger charge is 2.26. The van der Waals surface area contributed by atoms with Gasteiger partial charge in [-0.3, -0.25) is 0 Å². The summed E-state index contributed by atoms with van der Waals surface area (Å²) >= 11 is 0. The van der Waals surface area contributed by atoms with Crippen molar-refractivity contribution in [1.82, 2.24) is 4.72 Å². The van der Waals surface area contributed by atoms with E-state index in [-0.39, 0.29) is 6.61 Å². The van der Waals surface area contributed by atoms with E-state index < -0.39 is 21.9 Å². The number of amides is 1. The van der Waals surface area contributed by atoms with Crippen LogP contribution in [0.3, 0.4) is 0 Å². The Kier molecular flexibility index (Phi) is 3.87. The normalized spacial score (nSPS) is 11.3. The van der Waals surface area contributed by atoms with Gasteiger partial charge in [-0.2, -0.15) is 8.78 Å². The van der Waals surface area contributed by atoms with Crippen LogP contribution in [0.25, 0.3) is 0 Å². The van der Waals surface area contributed by atoms with Crippen molar-refractivity contribution < 1.29 is 26.7 Å². The van der Waals surface area contributed by atoms with Gasteiger partial charge in [-0.1, -0.05) is 0 Å². The van der Waals surface area contributed by atoms with Crippen molar-refractivity contribution in [3.8, 4) is 0 Å². The molecule has 0 bridgehead atoms. The van der Waals surface area contributed by atoms with Crippen molar-refractivity contribution in [3.63, 3.8) is 0 Å². The summed E-state index contributed by atoms with van der Waals surface area (Å²) in [6.45, 7) is 1.32. The van der Waals surface area contributed by atoms with Gasteiger partial charge in [-0.05, 0) is 6.92 Å². The highest BCUT2D eigenvalue weighted by atomic mass is 32.2. The van der Waals surface area contributed by atoms with Crippen LogP contribution in [0.15, 0.2) is 0 Å². The summed E-state index contributed by atoms with van der Waals surface area (Å²) in [5.74, 6) is -3.64. The molecule has 0 aromatic rings. The lowest BCUT2D eigenvalue weighted by molar-refractivity contribution is 0.157. The minimum absolute atomic E-state index is 0.0927. The van der Waals surface area contributed by atoms with E-state index in [2.05, 4.69) is 4.74 Å². The highest BCUT2D eigenvalue weighted by Crippen LogP contribution is 2.01. The standard InChI is InChI=1S/C4H7F2NO4S/c1-2-11-4(8)7-12(9,10)3(5)6/h3H,2H2,1H3,(H,7,8). The molecule has 0 aromatic carbocycles. The number of ether oxygens (including phenoxy) is 1. The number of rotatable bonds is 3. The molecule has 1 amide bonds. The third kappa shape index (κ3) is 3.46. The van der Waals surface area contributed by atoms with Gasteiger partial charge in [-0.15, -0.1) is 0 Å². The Balaban J connectivity index is 4.17. The minimum atomic E-state index is -4.88. The molecule has 0 heterocycles. The topological polar surface area (TPSA) is 72.5 Å². The lowest BCUT2D eigenvalue weighted by Gasteiger charge is -2.04. The van der Waals surface area contributed by atoms with Crippen molar-refractivity contribution in [1.29, 1.82) is 0 Å². The van der Waals surface area contributed by atoms with Gasteiger partial charge in [0.25, 0.3) is 0 Å². The average molecular weight is 203 g/mol. The molecule has 0 aliphatic heterocycles. The minimum Gasteiger partial charge on any atom is -0.449 e. The molecule has 72 valence electrons. The van der Waals surface area contributed by atoms with Gasteiger partial charge in [0.1, 0.15) is 0 Å². The molecule has 0 aliphatic rings. The van der Waals surface area contributed by atoms with Crippen LogP contribution in [0, 0.1) is 0 Å². The fourth-order valence-corrected chi connectivity index (χ4v) is 0.702. The largest absolute Gasteiger partial charge is 0.449 e. The van der Waals surface area contributed by atoms with Gasteiger partial charge in [0.15, 0.2) is 0 Å². The van der Waals surface area contributed by atoms with Crippen LogP contribution >= 0.6 is 0 Å². The summed E-state index contributed by atoms with van der Waals surface area (Å²) in [6, 6.07) is 0. The zero-order valence-electron chi connectivity index (χ0n) is 6.08. The van der Waals surface area contributed by atoms with Gasteiger partial charge in [0, 0.05) is 0 Å². The van der Waals surface area contributed by atoms with Crippen LogP contribution in [0.2, 0.25) is 0 Å². The van der Waals surface area contributed by atoms with Crippen LogP contribution in [0.5, 0.6) is 0 Å². The SMILES string of the molecule is CCOC(=O)NS(=O)(=O)C(F)F. The molecule has 0 radical (unpaired) electrons. The second-order valence-corrected chi connectivity index (χ2v) is 3.28. The van der Waals surface area contributed by atoms with Gasteiger partial charge in [0.05, 0.1) is 6.61 Å². The molecule has 12 heavy (non-hydrogen) atoms. The van der Waals surface area contributed by atoms with Crippen LogP contribution in [-0.2, 0) is 14.8 Å². The van der Waals surface area contributed by atoms with Gasteiger partial charge in [0.2, 0.25) is 0 Å². The zero-order chi connectivity index (χ0) is 9.78. The van der Waals surface area contributed by atoms with Crippen molar-refractivity contribution in [2.45, 2.75) is 12.7 Å². The predicted molar refractivity (Wildman–Crippen MR) is 35.1 cm³/mol. The zero-order valence-corrected chi connectivity index (χ0v) is 6.90. The summed E-state index contributed by atoms with van der Waals surface area (Å²) in [5.41, 5.74) is 0. The lowest BCUT2D eigenvalue weighted by Crippen LogP contribution is -2.35. The first-order valence-corrected chi connectivity index (χ1v) is 4.41. The fraction of sp³-hybridized carbons (Fsp3) is 0.750. The Bertz CT molecular complexity index is 250. The van der Waals surface area contributed by atoms with Crippen LogP contribution in [0.4, 0.5) is 13.6 Å². The van der Waals surface area contributed by atoms with Crippen molar-refractivity contribution in [2.24, 2.45) is 0 Å². The highest BCUT2D eigenvalue weighted by molar-refractivity contribution is 7.90. The maximum Gasteiger partial charge on any atom is 0.421 e. The third-order valence-electron chi connectivity index (χ3n) is 0.736. The predicted octanol–water partition coefficient (Wildman–Crippen LogP) is 0.285. The van der Waals surface area contributed by atoms with Crippen LogP contribution < -0.4 is 4.72 Å². The molecule has 0 aliphatic carbocycles. The Morgan fingerprint density at radius 1 is 1.58 bits per heavy atom. The molecule has 0 spiro atoms. The lowest BCUT2D eigenvalue weighted by atomic mass is 10.9. The first kappa shape index (κ1) is 11.1. The van der Waals surface area contributed by atoms with Gasteiger partial charge < -0.3 is 4.74 Å². The molecule has 1 N–H and O–H groups in total. The van der Waals surface area contributed by atoms with E-state index in [9.17, 15) is 22.0 Å². The Hall–Kier alpha value is -0.920. The number of halogens is 2. The number of hydrogen-bond donors (Lipinski definition) is 1. The van der Waals surface area contributed by atoms with E-state index >= 15 is 0 Å². The van der Waals surface area contributed by atoms with E-state index in [0.717, 1.165) is 4.72 Å². The second-order valence-electron chi connectivity index (χ2n) is 1.63. The molecule has 8 heteroatoms.